The Morgan fingerprint density at radius 3 is 1.78 bits per heavy atom. The van der Waals surface area contributed by atoms with Crippen LogP contribution in [0.4, 0.5) is 0 Å². The number of carboxylic acid groups (broad SMARTS) is 1. The van der Waals surface area contributed by atoms with Crippen molar-refractivity contribution in [3.05, 3.63) is 0 Å². The first kappa shape index (κ1) is 22.4. The molecular formula is C20H40O3. The van der Waals surface area contributed by atoms with Crippen molar-refractivity contribution in [1.82, 2.24) is 0 Å². The van der Waals surface area contributed by atoms with Gasteiger partial charge in [0.05, 0.1) is 6.10 Å². The number of aliphatic hydroxyl groups excluding tert-OH is 1. The topological polar surface area (TPSA) is 57.5 Å². The van der Waals surface area contributed by atoms with E-state index in [1.54, 1.807) is 0 Å². The van der Waals surface area contributed by atoms with E-state index in [2.05, 4.69) is 48.5 Å². The zero-order chi connectivity index (χ0) is 18.3. The summed E-state index contributed by atoms with van der Waals surface area (Å²) in [6, 6.07) is 0. The highest BCUT2D eigenvalue weighted by atomic mass is 16.4. The van der Waals surface area contributed by atoms with E-state index >= 15 is 0 Å². The van der Waals surface area contributed by atoms with Gasteiger partial charge >= 0.3 is 5.97 Å². The molecule has 1 atom stereocenters. The van der Waals surface area contributed by atoms with Crippen molar-refractivity contribution in [2.45, 2.75) is 106 Å². The molecule has 0 aromatic heterocycles. The predicted molar refractivity (Wildman–Crippen MR) is 97.6 cm³/mol. The predicted octanol–water partition coefficient (Wildman–Crippen LogP) is 5.65. The molecule has 0 bridgehead atoms. The van der Waals surface area contributed by atoms with Gasteiger partial charge in [-0.05, 0) is 23.7 Å². The van der Waals surface area contributed by atoms with E-state index in [1.165, 1.54) is 25.7 Å². The molecule has 138 valence electrons. The smallest absolute Gasteiger partial charge is 0.303 e. The average molecular weight is 329 g/mol. The van der Waals surface area contributed by atoms with Gasteiger partial charge in [0.1, 0.15) is 0 Å². The van der Waals surface area contributed by atoms with Gasteiger partial charge in [-0.15, -0.1) is 0 Å². The summed E-state index contributed by atoms with van der Waals surface area (Å²) in [4.78, 5) is 11.0. The van der Waals surface area contributed by atoms with Crippen molar-refractivity contribution in [3.8, 4) is 0 Å². The van der Waals surface area contributed by atoms with Crippen molar-refractivity contribution >= 4 is 5.97 Å². The van der Waals surface area contributed by atoms with Crippen LogP contribution >= 0.6 is 0 Å². The lowest BCUT2D eigenvalue weighted by molar-refractivity contribution is -0.149. The van der Waals surface area contributed by atoms with E-state index in [4.69, 9.17) is 5.11 Å². The van der Waals surface area contributed by atoms with Crippen LogP contribution in [0.15, 0.2) is 0 Å². The summed E-state index contributed by atoms with van der Waals surface area (Å²) in [5.74, 6) is -0.830. The fourth-order valence-electron chi connectivity index (χ4n) is 4.56. The van der Waals surface area contributed by atoms with Gasteiger partial charge in [-0.1, -0.05) is 80.6 Å². The Balaban J connectivity index is 5.33. The van der Waals surface area contributed by atoms with Crippen LogP contribution in [0.5, 0.6) is 0 Å². The van der Waals surface area contributed by atoms with Crippen LogP contribution in [-0.4, -0.2) is 22.3 Å². The standard InChI is InChI=1S/C20H40O3/c1-8-9-10-11-12-15-20(18(2,3)4,19(5,6)7)16(21)13-14-17(22)23/h16,21H,8-15H2,1-7H3,(H,22,23). The molecule has 0 aliphatic carbocycles. The number of carbonyl (C=O) groups is 1. The van der Waals surface area contributed by atoms with Crippen molar-refractivity contribution < 1.29 is 15.0 Å². The molecule has 0 amide bonds. The van der Waals surface area contributed by atoms with Crippen molar-refractivity contribution in [1.29, 1.82) is 0 Å². The minimum absolute atomic E-state index is 0.0327. The van der Waals surface area contributed by atoms with Crippen LogP contribution in [0.1, 0.15) is 99.8 Å². The van der Waals surface area contributed by atoms with Crippen molar-refractivity contribution in [3.63, 3.8) is 0 Å². The van der Waals surface area contributed by atoms with Crippen LogP contribution in [0.25, 0.3) is 0 Å². The molecule has 0 rings (SSSR count). The number of carboxylic acids is 1. The molecule has 0 saturated carbocycles. The molecule has 0 aliphatic rings. The monoisotopic (exact) mass is 328 g/mol. The van der Waals surface area contributed by atoms with Crippen LogP contribution in [0.3, 0.4) is 0 Å². The Labute approximate surface area is 143 Å². The fraction of sp³-hybridized carbons (Fsp3) is 0.950. The van der Waals surface area contributed by atoms with E-state index in [0.29, 0.717) is 6.42 Å². The average Bonchev–Trinajstić information content (AvgIpc) is 2.37. The molecule has 0 saturated heterocycles. The maximum absolute atomic E-state index is 11.0. The molecule has 3 heteroatoms. The van der Waals surface area contributed by atoms with Crippen LogP contribution < -0.4 is 0 Å². The maximum Gasteiger partial charge on any atom is 0.303 e. The highest BCUT2D eigenvalue weighted by Crippen LogP contribution is 2.57. The van der Waals surface area contributed by atoms with Gasteiger partial charge in [-0.3, -0.25) is 4.79 Å². The number of aliphatic carboxylic acids is 1. The van der Waals surface area contributed by atoms with E-state index < -0.39 is 12.1 Å². The first-order valence-electron chi connectivity index (χ1n) is 9.30. The van der Waals surface area contributed by atoms with Crippen molar-refractivity contribution in [2.75, 3.05) is 0 Å². The molecule has 0 aromatic rings. The van der Waals surface area contributed by atoms with Gasteiger partial charge < -0.3 is 10.2 Å². The highest BCUT2D eigenvalue weighted by molar-refractivity contribution is 5.66. The van der Waals surface area contributed by atoms with E-state index in [1.807, 2.05) is 0 Å². The first-order valence-corrected chi connectivity index (χ1v) is 9.30. The second-order valence-electron chi connectivity index (χ2n) is 9.08. The molecule has 2 N–H and O–H groups in total. The number of rotatable bonds is 10. The Morgan fingerprint density at radius 2 is 1.39 bits per heavy atom. The minimum Gasteiger partial charge on any atom is -0.481 e. The quantitative estimate of drug-likeness (QED) is 0.509. The normalized spacial score (nSPS) is 14.8. The summed E-state index contributed by atoms with van der Waals surface area (Å²) >= 11 is 0. The lowest BCUT2D eigenvalue weighted by atomic mass is 9.49. The van der Waals surface area contributed by atoms with Gasteiger partial charge in [-0.2, -0.15) is 0 Å². The lowest BCUT2D eigenvalue weighted by Crippen LogP contribution is -2.54. The molecule has 0 aliphatic heterocycles. The van der Waals surface area contributed by atoms with E-state index in [-0.39, 0.29) is 22.7 Å². The van der Waals surface area contributed by atoms with E-state index in [9.17, 15) is 9.90 Å². The molecule has 0 radical (unpaired) electrons. The summed E-state index contributed by atoms with van der Waals surface area (Å²) < 4.78 is 0. The lowest BCUT2D eigenvalue weighted by Gasteiger charge is -2.57. The molecule has 0 spiro atoms. The molecule has 23 heavy (non-hydrogen) atoms. The molecule has 0 fully saturated rings. The highest BCUT2D eigenvalue weighted by Gasteiger charge is 2.54. The Morgan fingerprint density at radius 1 is 0.913 bits per heavy atom. The Kier molecular flexibility index (Phi) is 8.83. The van der Waals surface area contributed by atoms with Gasteiger partial charge in [0.2, 0.25) is 0 Å². The number of hydrogen-bond donors (Lipinski definition) is 2. The van der Waals surface area contributed by atoms with Crippen LogP contribution in [-0.2, 0) is 4.79 Å². The van der Waals surface area contributed by atoms with Crippen LogP contribution in [0, 0.1) is 16.2 Å². The van der Waals surface area contributed by atoms with E-state index in [0.717, 1.165) is 12.8 Å². The summed E-state index contributed by atoms with van der Waals surface area (Å²) in [7, 11) is 0. The van der Waals surface area contributed by atoms with Crippen LogP contribution in [0.2, 0.25) is 0 Å². The summed E-state index contributed by atoms with van der Waals surface area (Å²) in [5, 5.41) is 20.0. The summed E-state index contributed by atoms with van der Waals surface area (Å²) in [5.41, 5.74) is -0.469. The second-order valence-corrected chi connectivity index (χ2v) is 9.08. The molecular weight excluding hydrogens is 288 g/mol. The molecule has 0 heterocycles. The van der Waals surface area contributed by atoms with Gasteiger partial charge in [0.25, 0.3) is 0 Å². The maximum atomic E-state index is 11.0. The zero-order valence-electron chi connectivity index (χ0n) is 16.5. The number of aliphatic hydroxyl groups is 1. The third-order valence-corrected chi connectivity index (χ3v) is 5.55. The SMILES string of the molecule is CCCCCCCC(C(O)CCC(=O)O)(C(C)(C)C)C(C)(C)C. The van der Waals surface area contributed by atoms with Gasteiger partial charge in [-0.25, -0.2) is 0 Å². The van der Waals surface area contributed by atoms with Gasteiger partial charge in [0, 0.05) is 11.8 Å². The molecule has 3 nitrogen and oxygen atoms in total. The largest absolute Gasteiger partial charge is 0.481 e. The third kappa shape index (κ3) is 6.10. The zero-order valence-corrected chi connectivity index (χ0v) is 16.5. The van der Waals surface area contributed by atoms with Gasteiger partial charge in [0.15, 0.2) is 0 Å². The molecule has 1 unspecified atom stereocenters. The Hall–Kier alpha value is -0.570. The Bertz CT molecular complexity index is 333. The second kappa shape index (κ2) is 9.05. The molecule has 0 aromatic carbocycles. The van der Waals surface area contributed by atoms with Crippen molar-refractivity contribution in [2.24, 2.45) is 16.2 Å². The minimum atomic E-state index is -0.830. The summed E-state index contributed by atoms with van der Waals surface area (Å²) in [6.45, 7) is 15.3. The number of unbranched alkanes of at least 4 members (excludes halogenated alkanes) is 4. The third-order valence-electron chi connectivity index (χ3n) is 5.55. The number of hydrogen-bond acceptors (Lipinski definition) is 2. The fourth-order valence-corrected chi connectivity index (χ4v) is 4.56. The first-order chi connectivity index (χ1) is 10.4. The summed E-state index contributed by atoms with van der Waals surface area (Å²) in [6.07, 6.45) is 6.74.